The Bertz CT molecular complexity index is 552. The number of carboxylic acid groups (broad SMARTS) is 1. The van der Waals surface area contributed by atoms with Crippen molar-refractivity contribution < 1.29 is 23.1 Å². The predicted octanol–water partition coefficient (Wildman–Crippen LogP) is 1.35. The van der Waals surface area contributed by atoms with Gasteiger partial charge in [0, 0.05) is 20.1 Å². The highest BCUT2D eigenvalue weighted by Gasteiger charge is 2.46. The topological polar surface area (TPSA) is 87.2 Å². The third kappa shape index (κ3) is 3.49. The Hall–Kier alpha value is -0.860. The summed E-state index contributed by atoms with van der Waals surface area (Å²) in [7, 11) is -1.57. The van der Waals surface area contributed by atoms with Crippen LogP contribution in [0.25, 0.3) is 0 Å². The minimum atomic E-state index is -3.23. The Kier molecular flexibility index (Phi) is 4.59. The molecule has 1 spiro atoms. The Balaban J connectivity index is 1.57. The highest BCUT2D eigenvalue weighted by atomic mass is 32.2. The molecule has 8 heteroatoms. The Morgan fingerprint density at radius 2 is 2.00 bits per heavy atom. The van der Waals surface area contributed by atoms with E-state index in [1.807, 2.05) is 0 Å². The first-order valence-electron chi connectivity index (χ1n) is 8.39. The van der Waals surface area contributed by atoms with Gasteiger partial charge in [-0.3, -0.25) is 0 Å². The molecule has 2 heterocycles. The van der Waals surface area contributed by atoms with Gasteiger partial charge in [0.15, 0.2) is 0 Å². The molecule has 0 aromatic rings. The van der Waals surface area contributed by atoms with Crippen molar-refractivity contribution >= 4 is 16.1 Å². The average Bonchev–Trinajstić information content (AvgIpc) is 2.86. The van der Waals surface area contributed by atoms with E-state index in [0.717, 1.165) is 19.3 Å². The second-order valence-corrected chi connectivity index (χ2v) is 9.29. The number of hydrogen-bond donors (Lipinski definition) is 1. The molecule has 3 fully saturated rings. The molecular weight excluding hydrogens is 320 g/mol. The van der Waals surface area contributed by atoms with Crippen molar-refractivity contribution in [2.75, 3.05) is 32.5 Å². The highest BCUT2D eigenvalue weighted by molar-refractivity contribution is 7.89. The van der Waals surface area contributed by atoms with Crippen LogP contribution in [0.5, 0.6) is 0 Å². The summed E-state index contributed by atoms with van der Waals surface area (Å²) in [6, 6.07) is -0.128. The largest absolute Gasteiger partial charge is 0.465 e. The first-order chi connectivity index (χ1) is 10.8. The first kappa shape index (κ1) is 17.0. The molecule has 0 unspecified atom stereocenters. The average molecular weight is 346 g/mol. The quantitative estimate of drug-likeness (QED) is 0.830. The zero-order valence-electron chi connectivity index (χ0n) is 13.6. The summed E-state index contributed by atoms with van der Waals surface area (Å²) in [5.41, 5.74) is -0.350. The molecule has 1 atom stereocenters. The lowest BCUT2D eigenvalue weighted by molar-refractivity contribution is -0.0396. The van der Waals surface area contributed by atoms with Crippen LogP contribution >= 0.6 is 0 Å². The third-order valence-corrected chi connectivity index (χ3v) is 7.83. The van der Waals surface area contributed by atoms with Crippen LogP contribution in [0, 0.1) is 5.92 Å². The normalized spacial score (nSPS) is 28.3. The maximum atomic E-state index is 12.5. The summed E-state index contributed by atoms with van der Waals surface area (Å²) < 4.78 is 32.5. The van der Waals surface area contributed by atoms with E-state index in [0.29, 0.717) is 44.9 Å². The van der Waals surface area contributed by atoms with Crippen LogP contribution in [-0.2, 0) is 14.8 Å². The van der Waals surface area contributed by atoms with Gasteiger partial charge in [0.1, 0.15) is 0 Å². The number of piperidine rings is 1. The molecule has 1 amide bonds. The number of hydrogen-bond acceptors (Lipinski definition) is 4. The Morgan fingerprint density at radius 1 is 1.35 bits per heavy atom. The Labute approximate surface area is 137 Å². The molecule has 7 nitrogen and oxygen atoms in total. The summed E-state index contributed by atoms with van der Waals surface area (Å²) in [5, 5.41) is 9.03. The van der Waals surface area contributed by atoms with Crippen LogP contribution in [0.1, 0.15) is 38.5 Å². The van der Waals surface area contributed by atoms with Crippen LogP contribution in [0.2, 0.25) is 0 Å². The predicted molar refractivity (Wildman–Crippen MR) is 84.8 cm³/mol. The molecule has 132 valence electrons. The molecule has 3 rings (SSSR count). The summed E-state index contributed by atoms with van der Waals surface area (Å²) in [6.07, 6.45) is 4.24. The number of ether oxygens (including phenoxy) is 1. The number of nitrogens with zero attached hydrogens (tertiary/aromatic N) is 2. The minimum Gasteiger partial charge on any atom is -0.465 e. The van der Waals surface area contributed by atoms with Crippen molar-refractivity contribution in [1.82, 2.24) is 9.21 Å². The van der Waals surface area contributed by atoms with Crippen molar-refractivity contribution in [2.45, 2.75) is 50.2 Å². The summed E-state index contributed by atoms with van der Waals surface area (Å²) in [5.74, 6) is 0.567. The second kappa shape index (κ2) is 6.22. The lowest BCUT2D eigenvalue weighted by Gasteiger charge is -2.37. The number of amides is 1. The molecule has 23 heavy (non-hydrogen) atoms. The van der Waals surface area contributed by atoms with Gasteiger partial charge in [0.25, 0.3) is 0 Å². The zero-order chi connectivity index (χ0) is 16.7. The van der Waals surface area contributed by atoms with E-state index in [1.165, 1.54) is 9.21 Å². The molecular formula is C15H26N2O5S. The van der Waals surface area contributed by atoms with Gasteiger partial charge in [-0.2, -0.15) is 4.31 Å². The molecule has 0 aromatic heterocycles. The van der Waals surface area contributed by atoms with Crippen LogP contribution in [-0.4, -0.2) is 73.0 Å². The molecule has 0 aromatic carbocycles. The van der Waals surface area contributed by atoms with Crippen LogP contribution in [0.3, 0.4) is 0 Å². The number of likely N-dealkylation sites (N-methyl/N-ethyl adjacent to an activating group) is 1. The number of carbonyl (C=O) groups is 1. The maximum absolute atomic E-state index is 12.5. The highest BCUT2D eigenvalue weighted by Crippen LogP contribution is 2.38. The van der Waals surface area contributed by atoms with Gasteiger partial charge >= 0.3 is 6.09 Å². The molecule has 1 aliphatic carbocycles. The number of likely N-dealkylation sites (tertiary alicyclic amines) is 1. The smallest absolute Gasteiger partial charge is 0.407 e. The van der Waals surface area contributed by atoms with Crippen LogP contribution in [0.4, 0.5) is 4.79 Å². The SMILES string of the molecule is CN([C@H]1COC2(CCN(C(=O)O)CC2)C1)S(=O)(=O)CC1CCC1. The van der Waals surface area contributed by atoms with E-state index in [4.69, 9.17) is 9.84 Å². The van der Waals surface area contributed by atoms with Gasteiger partial charge in [-0.15, -0.1) is 0 Å². The number of rotatable bonds is 4. The fraction of sp³-hybridized carbons (Fsp3) is 0.933. The molecule has 2 aliphatic heterocycles. The maximum Gasteiger partial charge on any atom is 0.407 e. The lowest BCUT2D eigenvalue weighted by atomic mass is 9.87. The summed E-state index contributed by atoms with van der Waals surface area (Å²) in [4.78, 5) is 12.4. The van der Waals surface area contributed by atoms with Crippen molar-refractivity contribution in [1.29, 1.82) is 0 Å². The van der Waals surface area contributed by atoms with Crippen LogP contribution < -0.4 is 0 Å². The van der Waals surface area contributed by atoms with Gasteiger partial charge < -0.3 is 14.7 Å². The minimum absolute atomic E-state index is 0.128. The fourth-order valence-corrected chi connectivity index (χ4v) is 5.56. The Morgan fingerprint density at radius 3 is 2.52 bits per heavy atom. The number of sulfonamides is 1. The van der Waals surface area contributed by atoms with Crippen molar-refractivity contribution in [3.63, 3.8) is 0 Å². The van der Waals surface area contributed by atoms with Gasteiger partial charge in [0.05, 0.1) is 24.0 Å². The zero-order valence-corrected chi connectivity index (χ0v) is 14.4. The van der Waals surface area contributed by atoms with E-state index >= 15 is 0 Å². The van der Waals surface area contributed by atoms with Crippen molar-refractivity contribution in [2.24, 2.45) is 5.92 Å². The molecule has 0 bridgehead atoms. The third-order valence-electron chi connectivity index (χ3n) is 5.76. The standard InChI is InChI=1S/C15H26N2O5S/c1-16(23(20,21)11-12-3-2-4-12)13-9-15(22-10-13)5-7-17(8-6-15)14(18)19/h12-13H,2-11H2,1H3,(H,18,19)/t13-/m1/s1. The molecule has 1 N–H and O–H groups in total. The monoisotopic (exact) mass is 346 g/mol. The van der Waals surface area contributed by atoms with E-state index in [-0.39, 0.29) is 17.4 Å². The molecule has 1 saturated carbocycles. The van der Waals surface area contributed by atoms with E-state index in [9.17, 15) is 13.2 Å². The van der Waals surface area contributed by atoms with Crippen molar-refractivity contribution in [3.8, 4) is 0 Å². The van der Waals surface area contributed by atoms with E-state index in [1.54, 1.807) is 7.05 Å². The van der Waals surface area contributed by atoms with Gasteiger partial charge in [0.2, 0.25) is 10.0 Å². The van der Waals surface area contributed by atoms with Crippen LogP contribution in [0.15, 0.2) is 0 Å². The fourth-order valence-electron chi connectivity index (χ4n) is 3.81. The second-order valence-electron chi connectivity index (χ2n) is 7.21. The van der Waals surface area contributed by atoms with E-state index in [2.05, 4.69) is 0 Å². The first-order valence-corrected chi connectivity index (χ1v) is 10.00. The van der Waals surface area contributed by atoms with Crippen molar-refractivity contribution in [3.05, 3.63) is 0 Å². The molecule has 2 saturated heterocycles. The molecule has 0 radical (unpaired) electrons. The van der Waals surface area contributed by atoms with Gasteiger partial charge in [-0.25, -0.2) is 13.2 Å². The van der Waals surface area contributed by atoms with Gasteiger partial charge in [-0.1, -0.05) is 6.42 Å². The van der Waals surface area contributed by atoms with Gasteiger partial charge in [-0.05, 0) is 38.0 Å². The summed E-state index contributed by atoms with van der Waals surface area (Å²) in [6.45, 7) is 1.33. The lowest BCUT2D eigenvalue weighted by Crippen LogP contribution is -2.47. The molecule has 3 aliphatic rings. The summed E-state index contributed by atoms with van der Waals surface area (Å²) >= 11 is 0. The van der Waals surface area contributed by atoms with E-state index < -0.39 is 16.1 Å².